The van der Waals surface area contributed by atoms with Crippen molar-refractivity contribution in [2.45, 2.75) is 25.7 Å². The Hall–Kier alpha value is -2.17. The molecule has 0 N–H and O–H groups in total. The van der Waals surface area contributed by atoms with Crippen molar-refractivity contribution in [3.05, 3.63) is 36.4 Å². The highest BCUT2D eigenvalue weighted by molar-refractivity contribution is 7.89. The SMILES string of the molecule is CCN(C[C@H](C)C#N)S(=O)(=O)c1ccc(-c2coc(C)n2)cc1. The predicted molar refractivity (Wildman–Crippen MR) is 85.9 cm³/mol. The maximum absolute atomic E-state index is 12.6. The Morgan fingerprint density at radius 3 is 2.48 bits per heavy atom. The first-order valence-electron chi connectivity index (χ1n) is 7.30. The van der Waals surface area contributed by atoms with Crippen LogP contribution in [-0.4, -0.2) is 30.8 Å². The van der Waals surface area contributed by atoms with Crippen LogP contribution >= 0.6 is 0 Å². The quantitative estimate of drug-likeness (QED) is 0.811. The van der Waals surface area contributed by atoms with Crippen molar-refractivity contribution in [3.63, 3.8) is 0 Å². The number of sulfonamides is 1. The average Bonchev–Trinajstić information content (AvgIpc) is 2.98. The van der Waals surface area contributed by atoms with Gasteiger partial charge in [0, 0.05) is 25.6 Å². The number of nitriles is 1. The first-order valence-corrected chi connectivity index (χ1v) is 8.74. The molecule has 2 rings (SSSR count). The zero-order valence-corrected chi connectivity index (χ0v) is 14.2. The fourth-order valence-electron chi connectivity index (χ4n) is 2.19. The molecule has 0 radical (unpaired) electrons. The molecule has 2 aromatic rings. The molecule has 1 atom stereocenters. The van der Waals surface area contributed by atoms with E-state index in [1.807, 2.05) is 0 Å². The molecular formula is C16H19N3O3S. The molecule has 0 amide bonds. The van der Waals surface area contributed by atoms with Gasteiger partial charge in [0.25, 0.3) is 0 Å². The van der Waals surface area contributed by atoms with Crippen LogP contribution < -0.4 is 0 Å². The highest BCUT2D eigenvalue weighted by Crippen LogP contribution is 2.23. The van der Waals surface area contributed by atoms with Crippen molar-refractivity contribution >= 4 is 10.0 Å². The summed E-state index contributed by atoms with van der Waals surface area (Å²) in [7, 11) is -3.61. The molecule has 0 fully saturated rings. The van der Waals surface area contributed by atoms with Gasteiger partial charge in [-0.05, 0) is 19.1 Å². The summed E-state index contributed by atoms with van der Waals surface area (Å²) in [6.07, 6.45) is 1.53. The third kappa shape index (κ3) is 3.78. The van der Waals surface area contributed by atoms with Gasteiger partial charge in [-0.2, -0.15) is 9.57 Å². The maximum Gasteiger partial charge on any atom is 0.243 e. The van der Waals surface area contributed by atoms with Crippen LogP contribution in [0, 0.1) is 24.2 Å². The molecule has 1 aromatic carbocycles. The number of oxazole rings is 1. The molecule has 1 heterocycles. The third-order valence-electron chi connectivity index (χ3n) is 3.46. The fourth-order valence-corrected chi connectivity index (χ4v) is 3.72. The minimum Gasteiger partial charge on any atom is -0.449 e. The summed E-state index contributed by atoms with van der Waals surface area (Å²) < 4.78 is 31.8. The molecule has 23 heavy (non-hydrogen) atoms. The smallest absolute Gasteiger partial charge is 0.243 e. The largest absolute Gasteiger partial charge is 0.449 e. The molecule has 0 bridgehead atoms. The van der Waals surface area contributed by atoms with Crippen molar-refractivity contribution in [1.29, 1.82) is 5.26 Å². The zero-order valence-electron chi connectivity index (χ0n) is 13.4. The van der Waals surface area contributed by atoms with Gasteiger partial charge in [0.1, 0.15) is 12.0 Å². The molecule has 0 aliphatic rings. The van der Waals surface area contributed by atoms with Crippen LogP contribution in [0.1, 0.15) is 19.7 Å². The third-order valence-corrected chi connectivity index (χ3v) is 5.41. The van der Waals surface area contributed by atoms with Gasteiger partial charge in [-0.1, -0.05) is 19.1 Å². The first kappa shape index (κ1) is 17.2. The van der Waals surface area contributed by atoms with Crippen LogP contribution in [0.2, 0.25) is 0 Å². The van der Waals surface area contributed by atoms with E-state index in [1.165, 1.54) is 10.6 Å². The Morgan fingerprint density at radius 2 is 2.00 bits per heavy atom. The minimum absolute atomic E-state index is 0.180. The van der Waals surface area contributed by atoms with Crippen molar-refractivity contribution < 1.29 is 12.8 Å². The van der Waals surface area contributed by atoms with Crippen molar-refractivity contribution in [2.24, 2.45) is 5.92 Å². The summed E-state index contributed by atoms with van der Waals surface area (Å²) in [5.74, 6) is 0.196. The highest BCUT2D eigenvalue weighted by atomic mass is 32.2. The predicted octanol–water partition coefficient (Wildman–Crippen LogP) is 2.82. The number of aromatic nitrogens is 1. The van der Waals surface area contributed by atoms with Crippen molar-refractivity contribution in [1.82, 2.24) is 9.29 Å². The van der Waals surface area contributed by atoms with Crippen LogP contribution in [0.25, 0.3) is 11.3 Å². The Bertz CT molecular complexity index is 804. The van der Waals surface area contributed by atoms with Crippen molar-refractivity contribution in [2.75, 3.05) is 13.1 Å². The summed E-state index contributed by atoms with van der Waals surface area (Å²) in [6, 6.07) is 8.56. The van der Waals surface area contributed by atoms with Gasteiger partial charge >= 0.3 is 0 Å². The lowest BCUT2D eigenvalue weighted by Gasteiger charge is -2.21. The van der Waals surface area contributed by atoms with Gasteiger partial charge in [-0.25, -0.2) is 13.4 Å². The van der Waals surface area contributed by atoms with E-state index in [-0.39, 0.29) is 17.4 Å². The number of hydrogen-bond donors (Lipinski definition) is 0. The molecule has 1 aromatic heterocycles. The molecule has 122 valence electrons. The van der Waals surface area contributed by atoms with E-state index in [1.54, 1.807) is 45.0 Å². The Morgan fingerprint density at radius 1 is 1.35 bits per heavy atom. The van der Waals surface area contributed by atoms with Crippen LogP contribution in [0.15, 0.2) is 39.8 Å². The summed E-state index contributed by atoms with van der Waals surface area (Å²) in [5.41, 5.74) is 1.45. The van der Waals surface area contributed by atoms with Crippen LogP contribution in [0.4, 0.5) is 0 Å². The van der Waals surface area contributed by atoms with E-state index in [0.717, 1.165) is 5.56 Å². The molecule has 0 saturated carbocycles. The molecule has 7 heteroatoms. The number of hydrogen-bond acceptors (Lipinski definition) is 5. The Balaban J connectivity index is 2.28. The van der Waals surface area contributed by atoms with Gasteiger partial charge in [0.2, 0.25) is 10.0 Å². The monoisotopic (exact) mass is 333 g/mol. The summed E-state index contributed by atoms with van der Waals surface area (Å²) >= 11 is 0. The summed E-state index contributed by atoms with van der Waals surface area (Å²) in [5, 5.41) is 8.89. The second-order valence-corrected chi connectivity index (χ2v) is 7.20. The van der Waals surface area contributed by atoms with Crippen LogP contribution in [-0.2, 0) is 10.0 Å². The lowest BCUT2D eigenvalue weighted by Crippen LogP contribution is -2.34. The van der Waals surface area contributed by atoms with Gasteiger partial charge in [-0.15, -0.1) is 0 Å². The minimum atomic E-state index is -3.61. The number of rotatable bonds is 6. The summed E-state index contributed by atoms with van der Waals surface area (Å²) in [6.45, 7) is 5.71. The lowest BCUT2D eigenvalue weighted by molar-refractivity contribution is 0.400. The second-order valence-electron chi connectivity index (χ2n) is 5.26. The molecule has 0 aliphatic heterocycles. The number of aryl methyl sites for hydroxylation is 1. The van der Waals surface area contributed by atoms with Gasteiger partial charge < -0.3 is 4.42 Å². The zero-order chi connectivity index (χ0) is 17.0. The van der Waals surface area contributed by atoms with E-state index in [4.69, 9.17) is 9.68 Å². The topological polar surface area (TPSA) is 87.2 Å². The van der Waals surface area contributed by atoms with Crippen LogP contribution in [0.3, 0.4) is 0 Å². The van der Waals surface area contributed by atoms with Crippen molar-refractivity contribution in [3.8, 4) is 17.3 Å². The van der Waals surface area contributed by atoms with Gasteiger partial charge in [0.05, 0.1) is 16.9 Å². The van der Waals surface area contributed by atoms with E-state index in [9.17, 15) is 8.42 Å². The second kappa shape index (κ2) is 6.94. The molecule has 0 saturated heterocycles. The summed E-state index contributed by atoms with van der Waals surface area (Å²) in [4.78, 5) is 4.41. The number of benzene rings is 1. The van der Waals surface area contributed by atoms with E-state index in [2.05, 4.69) is 11.1 Å². The number of nitrogens with zero attached hydrogens (tertiary/aromatic N) is 3. The van der Waals surface area contributed by atoms with Gasteiger partial charge in [-0.3, -0.25) is 0 Å². The maximum atomic E-state index is 12.6. The molecule has 6 nitrogen and oxygen atoms in total. The Kier molecular flexibility index (Phi) is 5.19. The normalized spacial score (nSPS) is 13.0. The molecule has 0 aliphatic carbocycles. The lowest BCUT2D eigenvalue weighted by atomic mass is 10.2. The molecule has 0 unspecified atom stereocenters. The molecular weight excluding hydrogens is 314 g/mol. The Labute approximate surface area is 136 Å². The highest BCUT2D eigenvalue weighted by Gasteiger charge is 2.24. The fraction of sp³-hybridized carbons (Fsp3) is 0.375. The van der Waals surface area contributed by atoms with E-state index >= 15 is 0 Å². The molecule has 0 spiro atoms. The average molecular weight is 333 g/mol. The van der Waals surface area contributed by atoms with E-state index < -0.39 is 10.0 Å². The first-order chi connectivity index (χ1) is 10.9. The van der Waals surface area contributed by atoms with Gasteiger partial charge in [0.15, 0.2) is 5.89 Å². The standard InChI is InChI=1S/C16H19N3O3S/c1-4-19(10-12(2)9-17)23(20,21)15-7-5-14(6-8-15)16-11-22-13(3)18-16/h5-8,11-12H,4,10H2,1-3H3/t12-/m1/s1. The van der Waals surface area contributed by atoms with E-state index in [0.29, 0.717) is 18.1 Å². The van der Waals surface area contributed by atoms with Crippen LogP contribution in [0.5, 0.6) is 0 Å².